The molecule has 2 unspecified atom stereocenters. The topological polar surface area (TPSA) is 72.5 Å². The molecule has 0 aliphatic heterocycles. The molecule has 0 radical (unpaired) electrons. The van der Waals surface area contributed by atoms with E-state index in [4.69, 9.17) is 0 Å². The van der Waals surface area contributed by atoms with E-state index in [1.807, 2.05) is 0 Å². The lowest BCUT2D eigenvalue weighted by Crippen LogP contribution is -2.40. The number of hydrogen-bond acceptors (Lipinski definition) is 5. The van der Waals surface area contributed by atoms with Crippen LogP contribution in [0, 0.1) is 5.92 Å². The van der Waals surface area contributed by atoms with Crippen LogP contribution in [0.5, 0.6) is 0 Å². The number of hydrogen-bond donors (Lipinski definition) is 1. The van der Waals surface area contributed by atoms with E-state index >= 15 is 0 Å². The van der Waals surface area contributed by atoms with Crippen LogP contribution in [0.15, 0.2) is 0 Å². The fourth-order valence-corrected chi connectivity index (χ4v) is 4.50. The normalized spacial score (nSPS) is 23.8. The number of nitrogens with one attached hydrogen (secondary N) is 1. The Morgan fingerprint density at radius 2 is 2.05 bits per heavy atom. The van der Waals surface area contributed by atoms with E-state index in [2.05, 4.69) is 9.46 Å². The van der Waals surface area contributed by atoms with Gasteiger partial charge >= 0.3 is 11.5 Å². The molecule has 10 heteroatoms. The summed E-state index contributed by atoms with van der Waals surface area (Å²) in [4.78, 5) is 11.5. The molecule has 1 N–H and O–H groups in total. The summed E-state index contributed by atoms with van der Waals surface area (Å²) in [6.45, 7) is -0.323. The Morgan fingerprint density at radius 1 is 1.40 bits per heavy atom. The lowest BCUT2D eigenvalue weighted by Gasteiger charge is -2.18. The van der Waals surface area contributed by atoms with Gasteiger partial charge in [0, 0.05) is 12.3 Å². The molecule has 0 bridgehead atoms. The van der Waals surface area contributed by atoms with E-state index in [1.54, 1.807) is 0 Å². The zero-order valence-electron chi connectivity index (χ0n) is 10.8. The highest BCUT2D eigenvalue weighted by Gasteiger charge is 2.42. The molecule has 1 fully saturated rings. The molecule has 2 atom stereocenters. The molecule has 1 aliphatic rings. The van der Waals surface area contributed by atoms with Crippen molar-refractivity contribution >= 4 is 27.8 Å². The fraction of sp³-hybridized carbons (Fsp3) is 0.900. The third kappa shape index (κ3) is 5.13. The Hall–Kier alpha value is -0.480. The van der Waals surface area contributed by atoms with Crippen LogP contribution in [0.1, 0.15) is 19.3 Å². The molecule has 0 amide bonds. The highest BCUT2D eigenvalue weighted by molar-refractivity contribution is 8.00. The average molecular weight is 335 g/mol. The largest absolute Gasteiger partial charge is 0.469 e. The van der Waals surface area contributed by atoms with Crippen molar-refractivity contribution in [1.82, 2.24) is 4.72 Å². The van der Waals surface area contributed by atoms with Crippen LogP contribution < -0.4 is 4.72 Å². The van der Waals surface area contributed by atoms with Gasteiger partial charge in [-0.15, -0.1) is 0 Å². The molecular weight excluding hydrogens is 319 g/mol. The lowest BCUT2D eigenvalue weighted by atomic mass is 10.1. The number of sulfonamides is 1. The fourth-order valence-electron chi connectivity index (χ4n) is 2.18. The molecule has 0 saturated heterocycles. The summed E-state index contributed by atoms with van der Waals surface area (Å²) in [7, 11) is -2.64. The van der Waals surface area contributed by atoms with Crippen molar-refractivity contribution in [3.05, 3.63) is 0 Å². The first-order valence-electron chi connectivity index (χ1n) is 5.94. The van der Waals surface area contributed by atoms with Crippen LogP contribution in [-0.4, -0.2) is 44.6 Å². The SMILES string of the molecule is COC(=O)C1CCCC1S(=O)(=O)NCCSC(F)(F)F. The average Bonchev–Trinajstić information content (AvgIpc) is 2.82. The van der Waals surface area contributed by atoms with Gasteiger partial charge in [0.05, 0.1) is 18.3 Å². The summed E-state index contributed by atoms with van der Waals surface area (Å²) in [5.41, 5.74) is -4.38. The van der Waals surface area contributed by atoms with Gasteiger partial charge in [-0.1, -0.05) is 6.42 Å². The Kier molecular flexibility index (Phi) is 6.14. The van der Waals surface area contributed by atoms with Crippen LogP contribution in [0.2, 0.25) is 0 Å². The molecule has 5 nitrogen and oxygen atoms in total. The molecule has 1 aliphatic carbocycles. The van der Waals surface area contributed by atoms with Gasteiger partial charge in [0.25, 0.3) is 0 Å². The van der Waals surface area contributed by atoms with Crippen molar-refractivity contribution < 1.29 is 31.1 Å². The van der Waals surface area contributed by atoms with E-state index in [0.29, 0.717) is 19.3 Å². The molecule has 0 aromatic carbocycles. The second-order valence-corrected chi connectivity index (χ2v) is 7.48. The van der Waals surface area contributed by atoms with E-state index in [0.717, 1.165) is 0 Å². The zero-order chi connectivity index (χ0) is 15.4. The number of carbonyl (C=O) groups is 1. The monoisotopic (exact) mass is 335 g/mol. The third-order valence-electron chi connectivity index (χ3n) is 3.03. The van der Waals surface area contributed by atoms with Crippen molar-refractivity contribution in [1.29, 1.82) is 0 Å². The Morgan fingerprint density at radius 3 is 2.60 bits per heavy atom. The van der Waals surface area contributed by atoms with Crippen LogP contribution in [0.4, 0.5) is 13.2 Å². The summed E-state index contributed by atoms with van der Waals surface area (Å²) < 4.78 is 66.4. The van der Waals surface area contributed by atoms with Crippen molar-refractivity contribution in [2.45, 2.75) is 30.0 Å². The molecule has 0 heterocycles. The first-order chi connectivity index (χ1) is 9.17. The summed E-state index contributed by atoms with van der Waals surface area (Å²) in [5, 5.41) is -0.925. The molecule has 1 rings (SSSR count). The molecule has 20 heavy (non-hydrogen) atoms. The van der Waals surface area contributed by atoms with Gasteiger partial charge in [-0.2, -0.15) is 13.2 Å². The van der Waals surface area contributed by atoms with Gasteiger partial charge < -0.3 is 4.74 Å². The van der Waals surface area contributed by atoms with Crippen LogP contribution >= 0.6 is 11.8 Å². The maximum absolute atomic E-state index is 12.0. The predicted octanol–water partition coefficient (Wildman–Crippen LogP) is 1.50. The predicted molar refractivity (Wildman–Crippen MR) is 68.6 cm³/mol. The Balaban J connectivity index is 2.53. The Labute approximate surface area is 119 Å². The smallest absolute Gasteiger partial charge is 0.441 e. The van der Waals surface area contributed by atoms with E-state index in [9.17, 15) is 26.4 Å². The maximum Gasteiger partial charge on any atom is 0.441 e. The van der Waals surface area contributed by atoms with Gasteiger partial charge in [-0.25, -0.2) is 13.1 Å². The number of rotatable bonds is 6. The van der Waals surface area contributed by atoms with Crippen molar-refractivity contribution in [2.75, 3.05) is 19.4 Å². The quantitative estimate of drug-likeness (QED) is 0.588. The van der Waals surface area contributed by atoms with Gasteiger partial charge in [-0.3, -0.25) is 4.79 Å². The first-order valence-corrected chi connectivity index (χ1v) is 8.47. The van der Waals surface area contributed by atoms with E-state index in [-0.39, 0.29) is 18.3 Å². The minimum Gasteiger partial charge on any atom is -0.469 e. The number of carbonyl (C=O) groups excluding carboxylic acids is 1. The maximum atomic E-state index is 12.0. The summed E-state index contributed by atoms with van der Waals surface area (Å²) in [6, 6.07) is 0. The minimum atomic E-state index is -4.38. The number of halogens is 3. The second kappa shape index (κ2) is 6.99. The number of thioether (sulfide) groups is 1. The summed E-state index contributed by atoms with van der Waals surface area (Å²) in [5.74, 6) is -1.74. The highest BCUT2D eigenvalue weighted by atomic mass is 32.2. The van der Waals surface area contributed by atoms with Gasteiger partial charge in [-0.05, 0) is 24.6 Å². The number of methoxy groups -OCH3 is 1. The summed E-state index contributed by atoms with van der Waals surface area (Å²) >= 11 is -0.290. The highest BCUT2D eigenvalue weighted by Crippen LogP contribution is 2.32. The van der Waals surface area contributed by atoms with Crippen molar-refractivity contribution in [2.24, 2.45) is 5.92 Å². The van der Waals surface area contributed by atoms with Crippen LogP contribution in [0.25, 0.3) is 0 Å². The second-order valence-electron chi connectivity index (χ2n) is 4.33. The van der Waals surface area contributed by atoms with Crippen molar-refractivity contribution in [3.63, 3.8) is 0 Å². The molecule has 1 saturated carbocycles. The molecule has 118 valence electrons. The zero-order valence-corrected chi connectivity index (χ0v) is 12.4. The van der Waals surface area contributed by atoms with Crippen LogP contribution in [-0.2, 0) is 19.6 Å². The third-order valence-corrected chi connectivity index (χ3v) is 5.73. The number of alkyl halides is 3. The van der Waals surface area contributed by atoms with Gasteiger partial charge in [0.15, 0.2) is 0 Å². The van der Waals surface area contributed by atoms with Gasteiger partial charge in [0.2, 0.25) is 10.0 Å². The van der Waals surface area contributed by atoms with E-state index in [1.165, 1.54) is 7.11 Å². The van der Waals surface area contributed by atoms with Crippen LogP contribution in [0.3, 0.4) is 0 Å². The lowest BCUT2D eigenvalue weighted by molar-refractivity contribution is -0.145. The van der Waals surface area contributed by atoms with Crippen molar-refractivity contribution in [3.8, 4) is 0 Å². The molecular formula is C10H16F3NO4S2. The first kappa shape index (κ1) is 17.6. The van der Waals surface area contributed by atoms with E-state index < -0.39 is 38.4 Å². The van der Waals surface area contributed by atoms with Gasteiger partial charge in [0.1, 0.15) is 0 Å². The molecule has 0 spiro atoms. The minimum absolute atomic E-state index is 0.290. The summed E-state index contributed by atoms with van der Waals surface area (Å²) in [6.07, 6.45) is 1.29. The Bertz CT molecular complexity index is 438. The number of esters is 1. The number of ether oxygens (including phenoxy) is 1. The standard InChI is InChI=1S/C10H16F3NO4S2/c1-18-9(15)7-3-2-4-8(7)20(16,17)14-5-6-19-10(11,12)13/h7-8,14H,2-6H2,1H3. The molecule has 0 aromatic heterocycles. The molecule has 0 aromatic rings.